The molecule has 1 saturated heterocycles. The summed E-state index contributed by atoms with van der Waals surface area (Å²) in [4.78, 5) is 0. The molecule has 6 nitrogen and oxygen atoms in total. The molecular weight excluding hydrogens is 469 g/mol. The van der Waals surface area contributed by atoms with E-state index in [2.05, 4.69) is 83.1 Å². The molecule has 0 aromatic heterocycles. The van der Waals surface area contributed by atoms with Crippen LogP contribution in [-0.4, -0.2) is 63.8 Å². The van der Waals surface area contributed by atoms with Crippen molar-refractivity contribution in [1.29, 1.82) is 0 Å². The van der Waals surface area contributed by atoms with Crippen LogP contribution in [-0.2, 0) is 26.6 Å². The summed E-state index contributed by atoms with van der Waals surface area (Å²) in [5.74, 6) is 0. The lowest BCUT2D eigenvalue weighted by Gasteiger charge is -2.57. The average molecular weight is 523 g/mol. The molecule has 0 aliphatic carbocycles. The summed E-state index contributed by atoms with van der Waals surface area (Å²) in [5.41, 5.74) is 0.932. The molecule has 1 aliphatic rings. The monoisotopic (exact) mass is 522 g/mol. The lowest BCUT2D eigenvalue weighted by molar-refractivity contribution is 0.0720. The van der Waals surface area contributed by atoms with Gasteiger partial charge >= 0.3 is 25.7 Å². The highest BCUT2D eigenvalue weighted by molar-refractivity contribution is 6.96. The first-order chi connectivity index (χ1) is 15.2. The predicted octanol–water partition coefficient (Wildman–Crippen LogP) is 6.88. The molecule has 0 N–H and O–H groups in total. The van der Waals surface area contributed by atoms with Gasteiger partial charge in [-0.2, -0.15) is 0 Å². The van der Waals surface area contributed by atoms with E-state index in [0.29, 0.717) is 36.4 Å². The predicted molar refractivity (Wildman–Crippen MR) is 143 cm³/mol. The summed E-state index contributed by atoms with van der Waals surface area (Å²) in [6.07, 6.45) is 0.586. The Morgan fingerprint density at radius 2 is 0.636 bits per heavy atom. The molecule has 0 atom stereocenters. The van der Waals surface area contributed by atoms with E-state index in [1.54, 1.807) is 0 Å². The van der Waals surface area contributed by atoms with Crippen molar-refractivity contribution in [2.75, 3.05) is 19.8 Å². The van der Waals surface area contributed by atoms with Crippen LogP contribution in [0.2, 0.25) is 34.8 Å². The zero-order valence-corrected chi connectivity index (χ0v) is 26.7. The zero-order chi connectivity index (χ0) is 25.4. The van der Waals surface area contributed by atoms with Gasteiger partial charge in [0.15, 0.2) is 0 Å². The van der Waals surface area contributed by atoms with Crippen LogP contribution in [0, 0.1) is 0 Å². The Bertz CT molecular complexity index is 472. The summed E-state index contributed by atoms with van der Waals surface area (Å²) in [6.45, 7) is 28.1. The Balaban J connectivity index is 3.44. The fraction of sp³-hybridized carbons (Fsp3) is 1.00. The third kappa shape index (κ3) is 9.09. The van der Waals surface area contributed by atoms with Crippen LogP contribution in [0.3, 0.4) is 0 Å². The van der Waals surface area contributed by atoms with Crippen LogP contribution in [0.15, 0.2) is 0 Å². The van der Waals surface area contributed by atoms with Gasteiger partial charge in [0.05, 0.1) is 18.3 Å². The Morgan fingerprint density at radius 3 is 0.788 bits per heavy atom. The van der Waals surface area contributed by atoms with Crippen molar-refractivity contribution in [3.8, 4) is 0 Å². The first-order valence-corrected chi connectivity index (χ1v) is 19.5. The molecule has 0 bridgehead atoms. The molecule has 9 heteroatoms. The van der Waals surface area contributed by atoms with Crippen molar-refractivity contribution in [3.05, 3.63) is 0 Å². The highest BCUT2D eigenvalue weighted by Crippen LogP contribution is 2.49. The number of hydrogen-bond donors (Lipinski definition) is 0. The van der Waals surface area contributed by atoms with Crippen LogP contribution in [0.25, 0.3) is 0 Å². The highest BCUT2D eigenvalue weighted by atomic mass is 28.5. The third-order valence-electron chi connectivity index (χ3n) is 6.38. The molecule has 0 aromatic carbocycles. The second-order valence-corrected chi connectivity index (χ2v) is 23.5. The molecular formula is C24H54O6Si3. The van der Waals surface area contributed by atoms with Crippen molar-refractivity contribution >= 4 is 25.7 Å². The van der Waals surface area contributed by atoms with Crippen molar-refractivity contribution in [2.45, 2.75) is 136 Å². The molecule has 0 aromatic rings. The normalized spacial score (nSPS) is 28.9. The maximum atomic E-state index is 7.25. The number of rotatable bonds is 15. The maximum absolute atomic E-state index is 7.25. The van der Waals surface area contributed by atoms with E-state index in [9.17, 15) is 0 Å². The Labute approximate surface area is 208 Å². The summed E-state index contributed by atoms with van der Waals surface area (Å²) < 4.78 is 39.8. The first-order valence-electron chi connectivity index (χ1n) is 13.2. The van der Waals surface area contributed by atoms with Gasteiger partial charge in [-0.05, 0) is 58.2 Å². The zero-order valence-electron chi connectivity index (χ0n) is 23.7. The average Bonchev–Trinajstić information content (AvgIpc) is 2.66. The molecule has 0 spiro atoms. The summed E-state index contributed by atoms with van der Waals surface area (Å²) in [7, 11) is -7.85. The van der Waals surface area contributed by atoms with E-state index in [1.807, 2.05) is 0 Å². The maximum Gasteiger partial charge on any atom is 0.325 e. The van der Waals surface area contributed by atoms with Crippen molar-refractivity contribution in [3.63, 3.8) is 0 Å². The fourth-order valence-electron chi connectivity index (χ4n) is 4.13. The standard InChI is InChI=1S/C24H54O6Si3/c1-19(2)25-13-16-31(22(7)8)28-32(23(9)10,17-14-26-20(3)4)30-33(29-31,24(11)12)18-15-27-21(5)6/h19-24H,13-18H2,1-12H3. The quantitative estimate of drug-likeness (QED) is 0.218. The van der Waals surface area contributed by atoms with Crippen LogP contribution in [0.5, 0.6) is 0 Å². The molecule has 0 unspecified atom stereocenters. The lowest BCUT2D eigenvalue weighted by Crippen LogP contribution is -2.73. The van der Waals surface area contributed by atoms with Crippen LogP contribution in [0.4, 0.5) is 0 Å². The van der Waals surface area contributed by atoms with E-state index >= 15 is 0 Å². The third-order valence-corrected chi connectivity index (χ3v) is 22.7. The van der Waals surface area contributed by atoms with Crippen molar-refractivity contribution in [1.82, 2.24) is 0 Å². The smallest absolute Gasteiger partial charge is 0.325 e. The largest absolute Gasteiger partial charge is 0.415 e. The topological polar surface area (TPSA) is 55.4 Å². The summed E-state index contributed by atoms with van der Waals surface area (Å²) in [6, 6.07) is 2.52. The number of hydrogen-bond acceptors (Lipinski definition) is 6. The van der Waals surface area contributed by atoms with Gasteiger partial charge in [-0.3, -0.25) is 0 Å². The molecule has 0 amide bonds. The minimum absolute atomic E-state index is 0.195. The Morgan fingerprint density at radius 1 is 0.424 bits per heavy atom. The molecule has 1 heterocycles. The second kappa shape index (κ2) is 13.6. The van der Waals surface area contributed by atoms with E-state index in [-0.39, 0.29) is 18.3 Å². The van der Waals surface area contributed by atoms with Gasteiger partial charge < -0.3 is 26.6 Å². The van der Waals surface area contributed by atoms with Crippen LogP contribution >= 0.6 is 0 Å². The molecule has 1 rings (SSSR count). The van der Waals surface area contributed by atoms with Crippen molar-refractivity contribution in [2.24, 2.45) is 0 Å². The van der Waals surface area contributed by atoms with E-state index in [1.165, 1.54) is 0 Å². The molecule has 33 heavy (non-hydrogen) atoms. The molecule has 1 aliphatic heterocycles. The van der Waals surface area contributed by atoms with Crippen LogP contribution < -0.4 is 0 Å². The minimum Gasteiger partial charge on any atom is -0.415 e. The SMILES string of the molecule is CC(C)OCC[Si]1(C(C)C)O[Si](CCOC(C)C)(C(C)C)O[Si](CCOC(C)C)(C(C)C)O1. The Hall–Kier alpha value is 0.411. The second-order valence-electron chi connectivity index (χ2n) is 11.2. The van der Waals surface area contributed by atoms with Gasteiger partial charge in [-0.25, -0.2) is 0 Å². The van der Waals surface area contributed by atoms with E-state index in [0.717, 1.165) is 18.1 Å². The molecule has 0 saturated carbocycles. The van der Waals surface area contributed by atoms with E-state index in [4.69, 9.17) is 26.6 Å². The first kappa shape index (κ1) is 31.4. The lowest BCUT2D eigenvalue weighted by atomic mass is 10.5. The highest BCUT2D eigenvalue weighted by Gasteiger charge is 2.64. The molecule has 0 radical (unpaired) electrons. The van der Waals surface area contributed by atoms with Crippen molar-refractivity contribution < 1.29 is 26.6 Å². The summed E-state index contributed by atoms with van der Waals surface area (Å²) in [5, 5.41) is 0. The van der Waals surface area contributed by atoms with E-state index < -0.39 is 25.7 Å². The van der Waals surface area contributed by atoms with Gasteiger partial charge in [-0.15, -0.1) is 0 Å². The summed E-state index contributed by atoms with van der Waals surface area (Å²) >= 11 is 0. The van der Waals surface area contributed by atoms with Gasteiger partial charge in [0.25, 0.3) is 0 Å². The van der Waals surface area contributed by atoms with Gasteiger partial charge in [0, 0.05) is 38.0 Å². The molecule has 198 valence electrons. The fourth-order valence-corrected chi connectivity index (χ4v) is 23.8. The molecule has 1 fully saturated rings. The number of ether oxygens (including phenoxy) is 3. The van der Waals surface area contributed by atoms with Gasteiger partial charge in [0.1, 0.15) is 0 Å². The van der Waals surface area contributed by atoms with Gasteiger partial charge in [0.2, 0.25) is 0 Å². The minimum atomic E-state index is -2.62. The van der Waals surface area contributed by atoms with Crippen LogP contribution in [0.1, 0.15) is 83.1 Å². The Kier molecular flexibility index (Phi) is 13.0. The van der Waals surface area contributed by atoms with Gasteiger partial charge in [-0.1, -0.05) is 41.5 Å².